The van der Waals surface area contributed by atoms with Crippen molar-refractivity contribution in [3.05, 3.63) is 23.9 Å². The van der Waals surface area contributed by atoms with E-state index in [1.54, 1.807) is 6.20 Å². The number of piperidine rings is 2. The summed E-state index contributed by atoms with van der Waals surface area (Å²) in [6.45, 7) is 3.28. The van der Waals surface area contributed by atoms with Crippen LogP contribution in [0.5, 0.6) is 0 Å². The summed E-state index contributed by atoms with van der Waals surface area (Å²) >= 11 is 0. The second-order valence-electron chi connectivity index (χ2n) is 5.67. The van der Waals surface area contributed by atoms with E-state index in [1.165, 1.54) is 25.8 Å². The Kier molecular flexibility index (Phi) is 3.39. The first kappa shape index (κ1) is 12.4. The van der Waals surface area contributed by atoms with Crippen LogP contribution in [0, 0.1) is 17.2 Å². The molecule has 0 aliphatic carbocycles. The van der Waals surface area contributed by atoms with Crippen molar-refractivity contribution < 1.29 is 0 Å². The fourth-order valence-electron chi connectivity index (χ4n) is 3.58. The monoisotopic (exact) mass is 256 g/mol. The van der Waals surface area contributed by atoms with Gasteiger partial charge < -0.3 is 9.80 Å². The molecule has 4 nitrogen and oxygen atoms in total. The zero-order chi connectivity index (χ0) is 13.2. The van der Waals surface area contributed by atoms with Gasteiger partial charge in [-0.25, -0.2) is 4.98 Å². The molecule has 100 valence electrons. The summed E-state index contributed by atoms with van der Waals surface area (Å²) in [5.41, 5.74) is 0.699. The molecule has 2 saturated heterocycles. The second kappa shape index (κ2) is 5.18. The molecule has 0 aromatic carbocycles. The first-order chi connectivity index (χ1) is 9.29. The van der Waals surface area contributed by atoms with E-state index in [0.717, 1.165) is 30.9 Å². The van der Waals surface area contributed by atoms with E-state index in [2.05, 4.69) is 27.9 Å². The number of hydrogen-bond acceptors (Lipinski definition) is 4. The zero-order valence-corrected chi connectivity index (χ0v) is 11.4. The van der Waals surface area contributed by atoms with E-state index in [0.29, 0.717) is 5.56 Å². The number of anilines is 1. The highest BCUT2D eigenvalue weighted by Crippen LogP contribution is 2.32. The summed E-state index contributed by atoms with van der Waals surface area (Å²) in [5, 5.41) is 9.20. The maximum absolute atomic E-state index is 9.20. The van der Waals surface area contributed by atoms with E-state index in [1.807, 2.05) is 12.1 Å². The Hall–Kier alpha value is -1.60. The molecule has 0 spiro atoms. The molecule has 4 heteroatoms. The van der Waals surface area contributed by atoms with Crippen molar-refractivity contribution in [1.29, 1.82) is 5.26 Å². The van der Waals surface area contributed by atoms with Crippen LogP contribution in [0.25, 0.3) is 0 Å². The van der Waals surface area contributed by atoms with Crippen LogP contribution >= 0.6 is 0 Å². The molecule has 3 rings (SSSR count). The van der Waals surface area contributed by atoms with E-state index in [-0.39, 0.29) is 0 Å². The normalized spacial score (nSPS) is 27.7. The Morgan fingerprint density at radius 3 is 3.11 bits per heavy atom. The average molecular weight is 256 g/mol. The van der Waals surface area contributed by atoms with Crippen LogP contribution in [0.4, 0.5) is 5.82 Å². The number of aromatic nitrogens is 1. The number of pyridine rings is 1. The first-order valence-corrected chi connectivity index (χ1v) is 7.10. The van der Waals surface area contributed by atoms with Crippen molar-refractivity contribution in [2.45, 2.75) is 25.3 Å². The lowest BCUT2D eigenvalue weighted by atomic mass is 9.84. The lowest BCUT2D eigenvalue weighted by Gasteiger charge is -2.46. The van der Waals surface area contributed by atoms with E-state index in [9.17, 15) is 5.26 Å². The third-order valence-electron chi connectivity index (χ3n) is 4.55. The van der Waals surface area contributed by atoms with E-state index in [4.69, 9.17) is 0 Å². The predicted octanol–water partition coefficient (Wildman–Crippen LogP) is 1.87. The largest absolute Gasteiger partial charge is 0.355 e. The van der Waals surface area contributed by atoms with Gasteiger partial charge in [-0.05, 0) is 50.9 Å². The highest BCUT2D eigenvalue weighted by molar-refractivity contribution is 5.53. The van der Waals surface area contributed by atoms with Gasteiger partial charge in [-0.15, -0.1) is 0 Å². The highest BCUT2D eigenvalue weighted by Gasteiger charge is 2.35. The van der Waals surface area contributed by atoms with Crippen molar-refractivity contribution in [3.8, 4) is 6.07 Å². The van der Waals surface area contributed by atoms with Crippen LogP contribution in [0.3, 0.4) is 0 Å². The van der Waals surface area contributed by atoms with Crippen molar-refractivity contribution in [3.63, 3.8) is 0 Å². The molecule has 2 aliphatic heterocycles. The molecule has 2 aliphatic rings. The average Bonchev–Trinajstić information content (AvgIpc) is 2.47. The Bertz CT molecular complexity index is 493. The summed E-state index contributed by atoms with van der Waals surface area (Å²) in [5.74, 6) is 1.60. The molecule has 2 unspecified atom stereocenters. The Morgan fingerprint density at radius 1 is 1.37 bits per heavy atom. The first-order valence-electron chi connectivity index (χ1n) is 7.10. The Labute approximate surface area is 114 Å². The molecule has 0 radical (unpaired) electrons. The van der Waals surface area contributed by atoms with Gasteiger partial charge in [-0.1, -0.05) is 0 Å². The van der Waals surface area contributed by atoms with Crippen LogP contribution in [0.15, 0.2) is 18.3 Å². The molecule has 3 heterocycles. The molecule has 0 saturated carbocycles. The highest BCUT2D eigenvalue weighted by atomic mass is 15.2. The molecule has 0 bridgehead atoms. The standard InChI is InChI=1S/C15H20N4/c1-18-8-3-5-13-11-19(9-6-14(13)18)15-12(10-16)4-2-7-17-15/h2,4,7,13-14H,3,5-6,8-9,11H2,1H3. The minimum Gasteiger partial charge on any atom is -0.355 e. The van der Waals surface area contributed by atoms with Crippen LogP contribution in [-0.4, -0.2) is 42.6 Å². The topological polar surface area (TPSA) is 43.2 Å². The number of likely N-dealkylation sites (tertiary alicyclic amines) is 1. The molecule has 2 fully saturated rings. The molecule has 2 atom stereocenters. The summed E-state index contributed by atoms with van der Waals surface area (Å²) in [6, 6.07) is 6.68. The minimum atomic E-state index is 0.699. The minimum absolute atomic E-state index is 0.699. The van der Waals surface area contributed by atoms with Gasteiger partial charge in [0, 0.05) is 25.3 Å². The molecule has 1 aromatic rings. The lowest BCUT2D eigenvalue weighted by molar-refractivity contribution is 0.102. The molecular formula is C15H20N4. The van der Waals surface area contributed by atoms with Crippen molar-refractivity contribution in [2.75, 3.05) is 31.6 Å². The van der Waals surface area contributed by atoms with Crippen molar-refractivity contribution >= 4 is 5.82 Å². The number of hydrogen-bond donors (Lipinski definition) is 0. The molecule has 1 aromatic heterocycles. The van der Waals surface area contributed by atoms with Gasteiger partial charge in [0.25, 0.3) is 0 Å². The van der Waals surface area contributed by atoms with Gasteiger partial charge in [-0.2, -0.15) is 5.26 Å². The predicted molar refractivity (Wildman–Crippen MR) is 74.9 cm³/mol. The lowest BCUT2D eigenvalue weighted by Crippen LogP contribution is -2.53. The van der Waals surface area contributed by atoms with Gasteiger partial charge in [0.05, 0.1) is 5.56 Å². The third kappa shape index (κ3) is 2.31. The SMILES string of the molecule is CN1CCCC2CN(c3ncccc3C#N)CCC21. The van der Waals surface area contributed by atoms with Crippen LogP contribution in [0.1, 0.15) is 24.8 Å². The number of rotatable bonds is 1. The van der Waals surface area contributed by atoms with Crippen LogP contribution in [-0.2, 0) is 0 Å². The van der Waals surface area contributed by atoms with Crippen molar-refractivity contribution in [2.24, 2.45) is 5.92 Å². The quantitative estimate of drug-likeness (QED) is 0.769. The second-order valence-corrected chi connectivity index (χ2v) is 5.67. The van der Waals surface area contributed by atoms with E-state index >= 15 is 0 Å². The van der Waals surface area contributed by atoms with Crippen molar-refractivity contribution in [1.82, 2.24) is 9.88 Å². The van der Waals surface area contributed by atoms with Crippen LogP contribution < -0.4 is 4.90 Å². The van der Waals surface area contributed by atoms with Crippen LogP contribution in [0.2, 0.25) is 0 Å². The number of nitriles is 1. The molecule has 0 N–H and O–H groups in total. The van der Waals surface area contributed by atoms with E-state index < -0.39 is 0 Å². The molecular weight excluding hydrogens is 236 g/mol. The maximum Gasteiger partial charge on any atom is 0.146 e. The smallest absolute Gasteiger partial charge is 0.146 e. The van der Waals surface area contributed by atoms with Gasteiger partial charge >= 0.3 is 0 Å². The Balaban J connectivity index is 1.79. The fraction of sp³-hybridized carbons (Fsp3) is 0.600. The summed E-state index contributed by atoms with van der Waals surface area (Å²) < 4.78 is 0. The maximum atomic E-state index is 9.20. The number of fused-ring (bicyclic) bond motifs is 1. The summed E-state index contributed by atoms with van der Waals surface area (Å²) in [4.78, 5) is 9.23. The van der Waals surface area contributed by atoms with Gasteiger partial charge in [0.2, 0.25) is 0 Å². The van der Waals surface area contributed by atoms with Gasteiger partial charge in [0.1, 0.15) is 11.9 Å². The van der Waals surface area contributed by atoms with Gasteiger partial charge in [-0.3, -0.25) is 0 Å². The summed E-state index contributed by atoms with van der Waals surface area (Å²) in [6.07, 6.45) is 5.57. The third-order valence-corrected chi connectivity index (χ3v) is 4.55. The number of nitrogens with zero attached hydrogens (tertiary/aromatic N) is 4. The Morgan fingerprint density at radius 2 is 2.26 bits per heavy atom. The zero-order valence-electron chi connectivity index (χ0n) is 11.4. The molecule has 0 amide bonds. The summed E-state index contributed by atoms with van der Waals surface area (Å²) in [7, 11) is 2.24. The molecule has 19 heavy (non-hydrogen) atoms. The van der Waals surface area contributed by atoms with Gasteiger partial charge in [0.15, 0.2) is 0 Å². The fourth-order valence-corrected chi connectivity index (χ4v) is 3.58.